The molecule has 1 unspecified atom stereocenters. The molecule has 0 saturated carbocycles. The molecule has 0 saturated heterocycles. The molecule has 0 spiro atoms. The molecule has 7 nitrogen and oxygen atoms in total. The van der Waals surface area contributed by atoms with Crippen molar-refractivity contribution in [1.82, 2.24) is 5.09 Å². The molecule has 4 aromatic rings. The fourth-order valence-electron chi connectivity index (χ4n) is 3.94. The van der Waals surface area contributed by atoms with Gasteiger partial charge in [0.2, 0.25) is 0 Å². The summed E-state index contributed by atoms with van der Waals surface area (Å²) in [7, 11) is -3.65. The normalized spacial score (nSPS) is 13.2. The maximum absolute atomic E-state index is 14.1. The Bertz CT molecular complexity index is 1490. The van der Waals surface area contributed by atoms with E-state index in [-0.39, 0.29) is 19.4 Å². The lowest BCUT2D eigenvalue weighted by molar-refractivity contribution is -0.146. The first kappa shape index (κ1) is 27.8. The maximum atomic E-state index is 14.1. The van der Waals surface area contributed by atoms with Gasteiger partial charge in [-0.1, -0.05) is 85.5 Å². The Labute approximate surface area is 227 Å². The number of hydrogen-bond donors (Lipinski definition) is 1. The second kappa shape index (κ2) is 13.1. The second-order valence-corrected chi connectivity index (χ2v) is 11.1. The lowest BCUT2D eigenvalue weighted by Gasteiger charge is -2.24. The molecule has 200 valence electrons. The van der Waals surface area contributed by atoms with Gasteiger partial charge >= 0.3 is 19.5 Å². The molecule has 0 aliphatic rings. The van der Waals surface area contributed by atoms with Crippen LogP contribution in [0.2, 0.25) is 0 Å². The van der Waals surface area contributed by atoms with Crippen LogP contribution in [0.5, 0.6) is 5.75 Å². The summed E-state index contributed by atoms with van der Waals surface area (Å²) in [6, 6.07) is 28.1. The van der Waals surface area contributed by atoms with Crippen molar-refractivity contribution in [2.45, 2.75) is 25.7 Å². The number of nitrogens with one attached hydrogen (secondary N) is 1. The van der Waals surface area contributed by atoms with Crippen molar-refractivity contribution in [1.29, 1.82) is 0 Å². The van der Waals surface area contributed by atoms with Crippen LogP contribution in [-0.2, 0) is 31.6 Å². The minimum Gasteiger partial charge on any atom is -0.460 e. The van der Waals surface area contributed by atoms with E-state index in [2.05, 4.69) is 11.7 Å². The van der Waals surface area contributed by atoms with Crippen LogP contribution in [0.4, 0.5) is 0 Å². The Balaban J connectivity index is 1.54. The lowest BCUT2D eigenvalue weighted by Crippen LogP contribution is -2.34. The summed E-state index contributed by atoms with van der Waals surface area (Å²) in [5, 5.41) is 4.59. The van der Waals surface area contributed by atoms with Gasteiger partial charge in [-0.05, 0) is 53.1 Å². The third kappa shape index (κ3) is 7.90. The van der Waals surface area contributed by atoms with Gasteiger partial charge in [0.25, 0.3) is 0 Å². The smallest absolute Gasteiger partial charge is 0.338 e. The highest BCUT2D eigenvalue weighted by Crippen LogP contribution is 2.47. The zero-order valence-corrected chi connectivity index (χ0v) is 22.5. The van der Waals surface area contributed by atoms with Crippen LogP contribution in [0.15, 0.2) is 110 Å². The molecule has 2 atom stereocenters. The molecule has 0 amide bonds. The minimum atomic E-state index is -3.65. The van der Waals surface area contributed by atoms with Gasteiger partial charge in [0.05, 0.1) is 11.7 Å². The zero-order chi connectivity index (χ0) is 27.7. The third-order valence-corrected chi connectivity index (χ3v) is 7.90. The fourth-order valence-corrected chi connectivity index (χ4v) is 5.98. The number of benzene rings is 4. The van der Waals surface area contributed by atoms with Gasteiger partial charge in [-0.25, -0.2) is 9.88 Å². The van der Waals surface area contributed by atoms with Crippen LogP contribution in [0.25, 0.3) is 10.8 Å². The first-order valence-electron chi connectivity index (χ1n) is 12.5. The molecule has 1 N–H and O–H groups in total. The van der Waals surface area contributed by atoms with Crippen molar-refractivity contribution >= 4 is 30.2 Å². The molecule has 0 aromatic heterocycles. The number of fused-ring (bicyclic) bond motifs is 1. The summed E-state index contributed by atoms with van der Waals surface area (Å²) < 4.78 is 30.7. The van der Waals surface area contributed by atoms with Gasteiger partial charge in [-0.3, -0.25) is 9.36 Å². The Hall–Kier alpha value is -4.19. The van der Waals surface area contributed by atoms with Crippen LogP contribution in [0.1, 0.15) is 28.4 Å². The van der Waals surface area contributed by atoms with E-state index < -0.39 is 25.5 Å². The summed E-state index contributed by atoms with van der Waals surface area (Å²) in [6.45, 7) is 5.38. The SMILES string of the molecule is C=CCOC(=O)c1ccc2ccc(CP(=O)(N[C@@H](C)C(=O)OCc3ccccc3)Oc3ccccc3)cc2c1. The molecule has 0 bridgehead atoms. The molecular weight excluding hydrogens is 513 g/mol. The number of hydrogen-bond acceptors (Lipinski definition) is 6. The topological polar surface area (TPSA) is 90.9 Å². The largest absolute Gasteiger partial charge is 0.460 e. The number of carbonyl (C=O) groups excluding carboxylic acids is 2. The highest BCUT2D eigenvalue weighted by Gasteiger charge is 2.31. The van der Waals surface area contributed by atoms with Gasteiger partial charge in [0.15, 0.2) is 0 Å². The molecule has 0 radical (unpaired) electrons. The van der Waals surface area contributed by atoms with Crippen molar-refractivity contribution in [3.63, 3.8) is 0 Å². The molecule has 0 aliphatic heterocycles. The number of esters is 2. The summed E-state index contributed by atoms with van der Waals surface area (Å²) in [5.41, 5.74) is 1.96. The number of rotatable bonds is 12. The van der Waals surface area contributed by atoms with Gasteiger partial charge in [0.1, 0.15) is 25.0 Å². The van der Waals surface area contributed by atoms with E-state index in [1.165, 1.54) is 6.08 Å². The van der Waals surface area contributed by atoms with E-state index in [4.69, 9.17) is 14.0 Å². The third-order valence-electron chi connectivity index (χ3n) is 5.83. The number of para-hydroxylation sites is 1. The van der Waals surface area contributed by atoms with Crippen LogP contribution in [0.3, 0.4) is 0 Å². The first-order chi connectivity index (χ1) is 18.8. The van der Waals surface area contributed by atoms with Crippen LogP contribution in [0, 0.1) is 0 Å². The quantitative estimate of drug-likeness (QED) is 0.121. The summed E-state index contributed by atoms with van der Waals surface area (Å²) >= 11 is 0. The van der Waals surface area contributed by atoms with E-state index in [9.17, 15) is 14.2 Å². The highest BCUT2D eigenvalue weighted by atomic mass is 31.2. The Kier molecular flexibility index (Phi) is 9.31. The monoisotopic (exact) mass is 543 g/mol. The van der Waals surface area contributed by atoms with E-state index in [1.54, 1.807) is 43.3 Å². The molecule has 0 fully saturated rings. The molecule has 4 rings (SSSR count). The fraction of sp³-hybridized carbons (Fsp3) is 0.161. The number of carbonyl (C=O) groups is 2. The van der Waals surface area contributed by atoms with Crippen LogP contribution >= 0.6 is 7.52 Å². The Morgan fingerprint density at radius 2 is 1.56 bits per heavy atom. The summed E-state index contributed by atoms with van der Waals surface area (Å²) in [6.07, 6.45) is 1.51. The molecule has 8 heteroatoms. The zero-order valence-electron chi connectivity index (χ0n) is 21.6. The van der Waals surface area contributed by atoms with E-state index >= 15 is 0 Å². The minimum absolute atomic E-state index is 0.000717. The van der Waals surface area contributed by atoms with Gasteiger partial charge in [-0.2, -0.15) is 0 Å². The summed E-state index contributed by atoms with van der Waals surface area (Å²) in [5.74, 6) is -0.590. The summed E-state index contributed by atoms with van der Waals surface area (Å²) in [4.78, 5) is 25.0. The standard InChI is InChI=1S/C31H30NO6P/c1-3-18-36-31(34)27-17-16-26-15-14-25(19-28(26)20-27)22-39(35,38-29-12-8-5-9-13-29)32-23(2)30(33)37-21-24-10-6-4-7-11-24/h3-17,19-20,23H,1,18,21-22H2,2H3,(H,32,35)/t23-,39?/m0/s1. The predicted octanol–water partition coefficient (Wildman–Crippen LogP) is 6.68. The first-order valence-corrected chi connectivity index (χ1v) is 14.3. The van der Waals surface area contributed by atoms with E-state index in [0.29, 0.717) is 16.9 Å². The predicted molar refractivity (Wildman–Crippen MR) is 152 cm³/mol. The average Bonchev–Trinajstić information content (AvgIpc) is 2.95. The average molecular weight is 544 g/mol. The lowest BCUT2D eigenvalue weighted by atomic mass is 10.0. The van der Waals surface area contributed by atoms with Crippen LogP contribution < -0.4 is 9.61 Å². The van der Waals surface area contributed by atoms with Crippen molar-refractivity contribution in [3.8, 4) is 5.75 Å². The van der Waals surface area contributed by atoms with E-state index in [0.717, 1.165) is 16.3 Å². The molecular formula is C31H30NO6P. The Morgan fingerprint density at radius 1 is 0.872 bits per heavy atom. The Morgan fingerprint density at radius 3 is 2.28 bits per heavy atom. The van der Waals surface area contributed by atoms with Gasteiger partial charge in [-0.15, -0.1) is 0 Å². The number of ether oxygens (including phenoxy) is 2. The van der Waals surface area contributed by atoms with Crippen LogP contribution in [-0.4, -0.2) is 24.6 Å². The maximum Gasteiger partial charge on any atom is 0.338 e. The van der Waals surface area contributed by atoms with Gasteiger partial charge in [0, 0.05) is 0 Å². The highest BCUT2D eigenvalue weighted by molar-refractivity contribution is 7.56. The van der Waals surface area contributed by atoms with Crippen molar-refractivity contribution in [3.05, 3.63) is 126 Å². The molecule has 39 heavy (non-hydrogen) atoms. The van der Waals surface area contributed by atoms with Gasteiger partial charge < -0.3 is 14.0 Å². The molecule has 4 aromatic carbocycles. The molecule has 0 heterocycles. The van der Waals surface area contributed by atoms with Crippen molar-refractivity contribution in [2.75, 3.05) is 6.61 Å². The molecule has 0 aliphatic carbocycles. The van der Waals surface area contributed by atoms with E-state index in [1.807, 2.05) is 60.7 Å². The van der Waals surface area contributed by atoms with Crippen molar-refractivity contribution in [2.24, 2.45) is 0 Å². The van der Waals surface area contributed by atoms with Crippen molar-refractivity contribution < 1.29 is 28.2 Å². The second-order valence-electron chi connectivity index (χ2n) is 8.96.